The Labute approximate surface area is 103 Å². The molecule has 0 heterocycles. The quantitative estimate of drug-likeness (QED) is 0.823. The van der Waals surface area contributed by atoms with Crippen LogP contribution in [0.1, 0.15) is 38.2 Å². The van der Waals surface area contributed by atoms with Crippen molar-refractivity contribution in [2.75, 3.05) is 6.54 Å². The van der Waals surface area contributed by atoms with Crippen molar-refractivity contribution >= 4 is 0 Å². The van der Waals surface area contributed by atoms with Gasteiger partial charge in [0.2, 0.25) is 0 Å². The van der Waals surface area contributed by atoms with Gasteiger partial charge < -0.3 is 5.32 Å². The summed E-state index contributed by atoms with van der Waals surface area (Å²) in [5, 5.41) is 3.59. The van der Waals surface area contributed by atoms with Crippen LogP contribution >= 0.6 is 0 Å². The van der Waals surface area contributed by atoms with E-state index in [9.17, 15) is 4.39 Å². The van der Waals surface area contributed by atoms with Crippen molar-refractivity contribution in [3.8, 4) is 0 Å². The van der Waals surface area contributed by atoms with Crippen LogP contribution in [-0.2, 0) is 6.42 Å². The Morgan fingerprint density at radius 3 is 2.88 bits per heavy atom. The third-order valence-corrected chi connectivity index (χ3v) is 3.94. The Morgan fingerprint density at radius 2 is 2.12 bits per heavy atom. The summed E-state index contributed by atoms with van der Waals surface area (Å²) in [5.74, 6) is 0.753. The first kappa shape index (κ1) is 12.6. The summed E-state index contributed by atoms with van der Waals surface area (Å²) in [7, 11) is 0. The molecule has 1 saturated carbocycles. The molecule has 17 heavy (non-hydrogen) atoms. The third kappa shape index (κ3) is 3.29. The highest BCUT2D eigenvalue weighted by atomic mass is 19.1. The average molecular weight is 235 g/mol. The van der Waals surface area contributed by atoms with Crippen molar-refractivity contribution < 1.29 is 4.39 Å². The van der Waals surface area contributed by atoms with Gasteiger partial charge in [-0.25, -0.2) is 4.39 Å². The van der Waals surface area contributed by atoms with Crippen LogP contribution in [0.2, 0.25) is 0 Å². The molecule has 0 saturated heterocycles. The van der Waals surface area contributed by atoms with E-state index < -0.39 is 0 Å². The topological polar surface area (TPSA) is 12.0 Å². The van der Waals surface area contributed by atoms with E-state index in [0.29, 0.717) is 6.04 Å². The fraction of sp³-hybridized carbons (Fsp3) is 0.600. The minimum absolute atomic E-state index is 0.0761. The first-order valence-electron chi connectivity index (χ1n) is 6.78. The molecule has 0 bridgehead atoms. The van der Waals surface area contributed by atoms with Gasteiger partial charge in [0.15, 0.2) is 0 Å². The highest BCUT2D eigenvalue weighted by Crippen LogP contribution is 2.27. The Morgan fingerprint density at radius 1 is 1.29 bits per heavy atom. The van der Waals surface area contributed by atoms with Gasteiger partial charge in [0.25, 0.3) is 0 Å². The molecule has 2 rings (SSSR count). The maximum absolute atomic E-state index is 13.4. The number of rotatable bonds is 5. The lowest BCUT2D eigenvalue weighted by Crippen LogP contribution is -2.33. The molecule has 0 radical (unpaired) electrons. The monoisotopic (exact) mass is 235 g/mol. The van der Waals surface area contributed by atoms with Crippen LogP contribution in [0.5, 0.6) is 0 Å². The van der Waals surface area contributed by atoms with Crippen LogP contribution in [0.4, 0.5) is 4.39 Å². The van der Waals surface area contributed by atoms with E-state index >= 15 is 0 Å². The molecule has 2 heteroatoms. The lowest BCUT2D eigenvalue weighted by atomic mass is 10.0. The molecule has 94 valence electrons. The zero-order valence-corrected chi connectivity index (χ0v) is 10.6. The van der Waals surface area contributed by atoms with E-state index in [1.165, 1.54) is 25.7 Å². The van der Waals surface area contributed by atoms with Gasteiger partial charge >= 0.3 is 0 Å². The molecule has 0 spiro atoms. The fourth-order valence-electron chi connectivity index (χ4n) is 2.89. The fourth-order valence-corrected chi connectivity index (χ4v) is 2.89. The summed E-state index contributed by atoms with van der Waals surface area (Å²) in [6.45, 7) is 3.16. The van der Waals surface area contributed by atoms with Gasteiger partial charge in [-0.2, -0.15) is 0 Å². The van der Waals surface area contributed by atoms with Gasteiger partial charge in [-0.3, -0.25) is 0 Å². The third-order valence-electron chi connectivity index (χ3n) is 3.94. The van der Waals surface area contributed by atoms with Gasteiger partial charge in [0.1, 0.15) is 5.82 Å². The lowest BCUT2D eigenvalue weighted by molar-refractivity contribution is 0.392. The van der Waals surface area contributed by atoms with E-state index in [2.05, 4.69) is 12.2 Å². The predicted octanol–water partition coefficient (Wildman–Crippen LogP) is 3.54. The number of halogens is 1. The lowest BCUT2D eigenvalue weighted by Gasteiger charge is -2.19. The molecule has 1 fully saturated rings. The number of hydrogen-bond acceptors (Lipinski definition) is 1. The van der Waals surface area contributed by atoms with Crippen molar-refractivity contribution in [2.45, 2.75) is 45.1 Å². The van der Waals surface area contributed by atoms with E-state index in [4.69, 9.17) is 0 Å². The Kier molecular flexibility index (Phi) is 4.55. The van der Waals surface area contributed by atoms with Gasteiger partial charge in [0, 0.05) is 6.04 Å². The summed E-state index contributed by atoms with van der Waals surface area (Å²) in [4.78, 5) is 0. The molecule has 1 aromatic rings. The molecule has 2 atom stereocenters. The highest BCUT2D eigenvalue weighted by Gasteiger charge is 2.24. The molecule has 1 N–H and O–H groups in total. The molecule has 1 nitrogen and oxygen atoms in total. The van der Waals surface area contributed by atoms with Crippen molar-refractivity contribution in [1.82, 2.24) is 5.32 Å². The zero-order chi connectivity index (χ0) is 12.1. The van der Waals surface area contributed by atoms with Crippen LogP contribution in [0, 0.1) is 11.7 Å². The second-order valence-corrected chi connectivity index (χ2v) is 5.00. The molecule has 1 aliphatic carbocycles. The minimum atomic E-state index is -0.0761. The zero-order valence-electron chi connectivity index (χ0n) is 10.6. The SMILES string of the molecule is CCC1CCCC1NCCc1ccccc1F. The maximum Gasteiger partial charge on any atom is 0.126 e. The molecule has 0 aromatic heterocycles. The second-order valence-electron chi connectivity index (χ2n) is 5.00. The van der Waals surface area contributed by atoms with E-state index in [1.807, 2.05) is 12.1 Å². The number of nitrogens with one attached hydrogen (secondary N) is 1. The van der Waals surface area contributed by atoms with Crippen molar-refractivity contribution in [3.05, 3.63) is 35.6 Å². The molecule has 1 aromatic carbocycles. The molecule has 0 amide bonds. The molecule has 1 aliphatic rings. The van der Waals surface area contributed by atoms with Crippen molar-refractivity contribution in [1.29, 1.82) is 0 Å². The number of hydrogen-bond donors (Lipinski definition) is 1. The molecular weight excluding hydrogens is 213 g/mol. The van der Waals surface area contributed by atoms with Gasteiger partial charge in [-0.05, 0) is 43.4 Å². The summed E-state index contributed by atoms with van der Waals surface area (Å²) in [6.07, 6.45) is 6.04. The van der Waals surface area contributed by atoms with E-state index in [1.54, 1.807) is 12.1 Å². The van der Waals surface area contributed by atoms with E-state index in [0.717, 1.165) is 24.4 Å². The average Bonchev–Trinajstić information content (AvgIpc) is 2.79. The second kappa shape index (κ2) is 6.15. The molecule has 2 unspecified atom stereocenters. The minimum Gasteiger partial charge on any atom is -0.313 e. The summed E-state index contributed by atoms with van der Waals surface area (Å²) in [6, 6.07) is 7.73. The normalized spacial score (nSPS) is 24.1. The van der Waals surface area contributed by atoms with Crippen LogP contribution in [-0.4, -0.2) is 12.6 Å². The van der Waals surface area contributed by atoms with Crippen molar-refractivity contribution in [3.63, 3.8) is 0 Å². The summed E-state index contributed by atoms with van der Waals surface area (Å²) < 4.78 is 13.4. The Bertz CT molecular complexity index is 351. The first-order chi connectivity index (χ1) is 8.31. The Hall–Kier alpha value is -0.890. The largest absolute Gasteiger partial charge is 0.313 e. The Balaban J connectivity index is 1.78. The first-order valence-corrected chi connectivity index (χ1v) is 6.78. The van der Waals surface area contributed by atoms with Crippen LogP contribution in [0.25, 0.3) is 0 Å². The summed E-state index contributed by atoms with van der Waals surface area (Å²) >= 11 is 0. The number of benzene rings is 1. The standard InChI is InChI=1S/C15H22FN/c1-2-12-7-5-9-15(12)17-11-10-13-6-3-4-8-14(13)16/h3-4,6,8,12,15,17H,2,5,7,9-11H2,1H3. The van der Waals surface area contributed by atoms with Crippen molar-refractivity contribution in [2.24, 2.45) is 5.92 Å². The van der Waals surface area contributed by atoms with Crippen LogP contribution in [0.3, 0.4) is 0 Å². The maximum atomic E-state index is 13.4. The predicted molar refractivity (Wildman–Crippen MR) is 69.5 cm³/mol. The highest BCUT2D eigenvalue weighted by molar-refractivity contribution is 5.17. The van der Waals surface area contributed by atoms with Crippen LogP contribution in [0.15, 0.2) is 24.3 Å². The summed E-state index contributed by atoms with van der Waals surface area (Å²) in [5.41, 5.74) is 0.825. The smallest absolute Gasteiger partial charge is 0.126 e. The van der Waals surface area contributed by atoms with Crippen LogP contribution < -0.4 is 5.32 Å². The molecular formula is C15H22FN. The van der Waals surface area contributed by atoms with Gasteiger partial charge in [-0.15, -0.1) is 0 Å². The molecule has 0 aliphatic heterocycles. The van der Waals surface area contributed by atoms with E-state index in [-0.39, 0.29) is 5.82 Å². The van der Waals surface area contributed by atoms with Gasteiger partial charge in [-0.1, -0.05) is 38.0 Å². The van der Waals surface area contributed by atoms with Gasteiger partial charge in [0.05, 0.1) is 0 Å².